The number of aryl methyl sites for hydroxylation is 1. The molecule has 0 bridgehead atoms. The number of hydrogen-bond acceptors (Lipinski definition) is 0. The van der Waals surface area contributed by atoms with Crippen molar-refractivity contribution in [2.45, 2.75) is 84.1 Å². The van der Waals surface area contributed by atoms with Crippen LogP contribution < -0.4 is 24.0 Å². The summed E-state index contributed by atoms with van der Waals surface area (Å²) >= 11 is 0. The molecule has 0 aliphatic heterocycles. The number of fused-ring (bicyclic) bond motifs is 1. The van der Waals surface area contributed by atoms with Crippen LogP contribution in [0.25, 0.3) is 10.9 Å². The van der Waals surface area contributed by atoms with E-state index in [0.717, 1.165) is 10.9 Å². The minimum Gasteiger partial charge on any atom is -1.00 e. The first-order valence-electron chi connectivity index (χ1n) is 11.4. The summed E-state index contributed by atoms with van der Waals surface area (Å²) in [5, 5.41) is 1.46. The number of halogens is 1. The molecular weight excluding hydrogens is 455 g/mol. The fourth-order valence-electron chi connectivity index (χ4n) is 3.93. The van der Waals surface area contributed by atoms with E-state index in [0.29, 0.717) is 0 Å². The van der Waals surface area contributed by atoms with E-state index in [4.69, 9.17) is 0 Å². The normalized spacial score (nSPS) is 11.7. The first-order chi connectivity index (χ1) is 13.0. The van der Waals surface area contributed by atoms with Gasteiger partial charge in [-0.2, -0.15) is 0 Å². The Bertz CT molecular complexity index is 654. The highest BCUT2D eigenvalue weighted by molar-refractivity contribution is 5.84. The van der Waals surface area contributed by atoms with E-state index in [1.165, 1.54) is 93.8 Å². The summed E-state index contributed by atoms with van der Waals surface area (Å²) in [4.78, 5) is 0. The van der Waals surface area contributed by atoms with Crippen LogP contribution in [0.15, 0.2) is 30.5 Å². The Morgan fingerprint density at radius 2 is 1.36 bits per heavy atom. The molecule has 0 atom stereocenters. The van der Waals surface area contributed by atoms with Gasteiger partial charge in [-0.3, -0.25) is 0 Å². The highest BCUT2D eigenvalue weighted by Crippen LogP contribution is 2.23. The van der Waals surface area contributed by atoms with Crippen molar-refractivity contribution in [2.75, 3.05) is 27.7 Å². The van der Waals surface area contributed by atoms with Crippen LogP contribution in [0.1, 0.15) is 76.7 Å². The Morgan fingerprint density at radius 1 is 0.786 bits per heavy atom. The van der Waals surface area contributed by atoms with Gasteiger partial charge in [0.05, 0.1) is 27.7 Å². The molecule has 28 heavy (non-hydrogen) atoms. The van der Waals surface area contributed by atoms with Gasteiger partial charge in [0.2, 0.25) is 0 Å². The number of unbranched alkanes of at least 4 members (excludes halogenated alkanes) is 9. The van der Waals surface area contributed by atoms with Crippen LogP contribution in [0.5, 0.6) is 0 Å². The Morgan fingerprint density at radius 3 is 1.96 bits per heavy atom. The van der Waals surface area contributed by atoms with Crippen LogP contribution in [-0.4, -0.2) is 36.7 Å². The van der Waals surface area contributed by atoms with Crippen molar-refractivity contribution in [3.05, 3.63) is 36.0 Å². The number of benzene rings is 1. The van der Waals surface area contributed by atoms with Crippen molar-refractivity contribution in [1.29, 1.82) is 0 Å². The van der Waals surface area contributed by atoms with Crippen molar-refractivity contribution in [3.8, 4) is 0 Å². The van der Waals surface area contributed by atoms with Gasteiger partial charge in [-0.15, -0.1) is 0 Å². The van der Waals surface area contributed by atoms with Crippen molar-refractivity contribution in [1.82, 2.24) is 4.57 Å². The quantitative estimate of drug-likeness (QED) is 0.212. The standard InChI is InChI=1S/C25H43N2.HI/c1-5-6-7-8-9-10-11-12-13-16-20-26-22-23(19-21-27(2,3)4)24-17-14-15-18-25(24)26;/h14-15,17-18,22H,5-13,16,19-21H2,1-4H3;1H/q+1;/p-1. The lowest BCUT2D eigenvalue weighted by Crippen LogP contribution is -3.00. The number of quaternary nitrogens is 1. The van der Waals surface area contributed by atoms with Gasteiger partial charge in [0.25, 0.3) is 0 Å². The van der Waals surface area contributed by atoms with Crippen LogP contribution in [-0.2, 0) is 13.0 Å². The van der Waals surface area contributed by atoms with Crippen molar-refractivity contribution >= 4 is 10.9 Å². The lowest BCUT2D eigenvalue weighted by Gasteiger charge is -2.23. The molecule has 0 unspecified atom stereocenters. The smallest absolute Gasteiger partial charge is 0.0822 e. The van der Waals surface area contributed by atoms with Gasteiger partial charge in [-0.1, -0.05) is 82.9 Å². The lowest BCUT2D eigenvalue weighted by atomic mass is 10.1. The Hall–Kier alpha value is -0.550. The summed E-state index contributed by atoms with van der Waals surface area (Å²) in [5.74, 6) is 0. The second kappa shape index (κ2) is 13.6. The molecule has 0 spiro atoms. The number of aromatic nitrogens is 1. The first-order valence-corrected chi connectivity index (χ1v) is 11.4. The molecule has 2 nitrogen and oxygen atoms in total. The molecule has 2 rings (SSSR count). The molecular formula is C25H43IN2. The third kappa shape index (κ3) is 9.30. The molecule has 0 aliphatic carbocycles. The summed E-state index contributed by atoms with van der Waals surface area (Å²) in [7, 11) is 6.84. The van der Waals surface area contributed by atoms with Gasteiger partial charge < -0.3 is 33.0 Å². The van der Waals surface area contributed by atoms with E-state index >= 15 is 0 Å². The van der Waals surface area contributed by atoms with E-state index < -0.39 is 0 Å². The summed E-state index contributed by atoms with van der Waals surface area (Å²) in [6, 6.07) is 8.96. The van der Waals surface area contributed by atoms with E-state index in [9.17, 15) is 0 Å². The van der Waals surface area contributed by atoms with Gasteiger partial charge in [-0.25, -0.2) is 0 Å². The number of nitrogens with zero attached hydrogens (tertiary/aromatic N) is 2. The molecule has 2 aromatic rings. The lowest BCUT2D eigenvalue weighted by molar-refractivity contribution is -0.870. The molecule has 1 aromatic carbocycles. The molecule has 0 N–H and O–H groups in total. The molecule has 3 heteroatoms. The minimum atomic E-state index is 0. The monoisotopic (exact) mass is 498 g/mol. The van der Waals surface area contributed by atoms with Crippen LogP contribution in [0, 0.1) is 0 Å². The maximum Gasteiger partial charge on any atom is 0.0822 e. The zero-order valence-electron chi connectivity index (χ0n) is 18.9. The van der Waals surface area contributed by atoms with E-state index in [1.807, 2.05) is 0 Å². The number of likely N-dealkylation sites (N-methyl/N-ethyl adjacent to an activating group) is 1. The van der Waals surface area contributed by atoms with Crippen molar-refractivity contribution in [2.24, 2.45) is 0 Å². The average molecular weight is 499 g/mol. The maximum atomic E-state index is 2.51. The highest BCUT2D eigenvalue weighted by Gasteiger charge is 2.12. The first kappa shape index (κ1) is 25.5. The molecule has 0 radical (unpaired) electrons. The third-order valence-corrected chi connectivity index (χ3v) is 5.68. The fraction of sp³-hybridized carbons (Fsp3) is 0.680. The van der Waals surface area contributed by atoms with Gasteiger partial charge in [0.1, 0.15) is 0 Å². The molecule has 0 amide bonds. The number of hydrogen-bond donors (Lipinski definition) is 0. The fourth-order valence-corrected chi connectivity index (χ4v) is 3.93. The zero-order valence-corrected chi connectivity index (χ0v) is 21.0. The van der Waals surface area contributed by atoms with Crippen LogP contribution in [0.2, 0.25) is 0 Å². The van der Waals surface area contributed by atoms with Gasteiger partial charge in [0.15, 0.2) is 0 Å². The highest BCUT2D eigenvalue weighted by atomic mass is 127. The molecule has 160 valence electrons. The molecule has 0 saturated carbocycles. The predicted molar refractivity (Wildman–Crippen MR) is 120 cm³/mol. The number of rotatable bonds is 14. The van der Waals surface area contributed by atoms with Gasteiger partial charge in [-0.05, 0) is 18.1 Å². The SMILES string of the molecule is CCCCCCCCCCCCn1cc(CC[N+](C)(C)C)c2ccccc21.[I-]. The van der Waals surface area contributed by atoms with E-state index in [1.54, 1.807) is 0 Å². The van der Waals surface area contributed by atoms with Crippen LogP contribution >= 0.6 is 0 Å². The summed E-state index contributed by atoms with van der Waals surface area (Å²) in [6.07, 6.45) is 17.6. The van der Waals surface area contributed by atoms with Crippen molar-refractivity contribution in [3.63, 3.8) is 0 Å². The van der Waals surface area contributed by atoms with Gasteiger partial charge >= 0.3 is 0 Å². The van der Waals surface area contributed by atoms with Crippen molar-refractivity contribution < 1.29 is 28.5 Å². The maximum absolute atomic E-state index is 2.51. The molecule has 1 heterocycles. The van der Waals surface area contributed by atoms with Crippen LogP contribution in [0.3, 0.4) is 0 Å². The summed E-state index contributed by atoms with van der Waals surface area (Å²) in [6.45, 7) is 4.65. The van der Waals surface area contributed by atoms with Crippen LogP contribution in [0.4, 0.5) is 0 Å². The van der Waals surface area contributed by atoms with E-state index in [-0.39, 0.29) is 24.0 Å². The largest absolute Gasteiger partial charge is 1.00 e. The molecule has 0 saturated heterocycles. The summed E-state index contributed by atoms with van der Waals surface area (Å²) in [5.41, 5.74) is 2.94. The van der Waals surface area contributed by atoms with Gasteiger partial charge in [0, 0.05) is 30.1 Å². The predicted octanol–water partition coefficient (Wildman–Crippen LogP) is 3.81. The van der Waals surface area contributed by atoms with E-state index in [2.05, 4.69) is 63.1 Å². The minimum absolute atomic E-state index is 0. The second-order valence-electron chi connectivity index (χ2n) is 9.31. The molecule has 1 aromatic heterocycles. The topological polar surface area (TPSA) is 4.93 Å². The molecule has 0 fully saturated rings. The second-order valence-corrected chi connectivity index (χ2v) is 9.31. The Labute approximate surface area is 191 Å². The molecule has 0 aliphatic rings. The third-order valence-electron chi connectivity index (χ3n) is 5.68. The zero-order chi connectivity index (χ0) is 19.5. The summed E-state index contributed by atoms with van der Waals surface area (Å²) < 4.78 is 3.53. The average Bonchev–Trinajstić information content (AvgIpc) is 2.99. The number of para-hydroxylation sites is 1. The Balaban J connectivity index is 0.00000392. The Kier molecular flexibility index (Phi) is 12.4.